The van der Waals surface area contributed by atoms with Gasteiger partial charge >= 0.3 is 0 Å². The Morgan fingerprint density at radius 3 is 1.19 bits per heavy atom. The van der Waals surface area contributed by atoms with Crippen molar-refractivity contribution < 1.29 is 26.2 Å². The molecule has 158 valence electrons. The highest BCUT2D eigenvalue weighted by molar-refractivity contribution is 7.95. The molecule has 0 aromatic heterocycles. The number of hydrogen-bond donors (Lipinski definition) is 0. The molecule has 0 saturated carbocycles. The first-order chi connectivity index (χ1) is 14.7. The van der Waals surface area contributed by atoms with Crippen LogP contribution in [0.4, 0.5) is 4.39 Å². The molecule has 0 unspecified atom stereocenters. The monoisotopic (exact) mass is 494 g/mol. The Bertz CT molecular complexity index is 945. The quantitative estimate of drug-likeness (QED) is 0.307. The summed E-state index contributed by atoms with van der Waals surface area (Å²) in [6.07, 6.45) is 0. The largest absolute Gasteiger partial charge is 1.00 e. The maximum absolute atomic E-state index is 11.7. The molecule has 4 rings (SSSR count). The standard InChI is InChI=1S/C19H18P.C8H7FO.BrH/c1-20(17-11-5-2-6-12-17,18-13-7-3-8-14-18)19-15-9-4-10-16-19;9-6-8(10)7-4-2-1-3-5-7;/h2-16H,1H3;1-5H,6H2;1H/q+1;;/p-1. The van der Waals surface area contributed by atoms with Crippen LogP contribution in [0.5, 0.6) is 0 Å². The Kier molecular flexibility index (Phi) is 9.78. The van der Waals surface area contributed by atoms with Crippen LogP contribution in [0.3, 0.4) is 0 Å². The first kappa shape index (κ1) is 24.7. The van der Waals surface area contributed by atoms with Crippen molar-refractivity contribution in [3.8, 4) is 0 Å². The molecular weight excluding hydrogens is 470 g/mol. The van der Waals surface area contributed by atoms with Gasteiger partial charge in [-0.25, -0.2) is 4.39 Å². The van der Waals surface area contributed by atoms with Crippen LogP contribution in [0.25, 0.3) is 0 Å². The number of rotatable bonds is 5. The minimum atomic E-state index is -1.53. The number of carbonyl (C=O) groups excluding carboxylic acids is 1. The summed E-state index contributed by atoms with van der Waals surface area (Å²) in [5, 5.41) is 4.28. The predicted octanol–water partition coefficient (Wildman–Crippen LogP) is 2.45. The van der Waals surface area contributed by atoms with Crippen molar-refractivity contribution in [3.05, 3.63) is 127 Å². The van der Waals surface area contributed by atoms with Gasteiger partial charge < -0.3 is 17.0 Å². The summed E-state index contributed by atoms with van der Waals surface area (Å²) in [6, 6.07) is 41.0. The van der Waals surface area contributed by atoms with Crippen LogP contribution in [0.15, 0.2) is 121 Å². The Balaban J connectivity index is 0.000000264. The van der Waals surface area contributed by atoms with E-state index in [9.17, 15) is 9.18 Å². The molecule has 0 atom stereocenters. The van der Waals surface area contributed by atoms with Gasteiger partial charge in [0.15, 0.2) is 12.5 Å². The molecule has 0 saturated heterocycles. The molecule has 0 N–H and O–H groups in total. The van der Waals surface area contributed by atoms with E-state index < -0.39 is 19.7 Å². The molecule has 0 aliphatic heterocycles. The fraction of sp³-hybridized carbons (Fsp3) is 0.0741. The maximum Gasteiger partial charge on any atom is 0.193 e. The van der Waals surface area contributed by atoms with Gasteiger partial charge in [-0.2, -0.15) is 0 Å². The Morgan fingerprint density at radius 2 is 0.903 bits per heavy atom. The summed E-state index contributed by atoms with van der Waals surface area (Å²) in [6.45, 7) is 1.50. The molecule has 0 radical (unpaired) electrons. The zero-order chi connectivity index (χ0) is 21.2. The topological polar surface area (TPSA) is 17.1 Å². The molecule has 31 heavy (non-hydrogen) atoms. The number of carbonyl (C=O) groups is 1. The third-order valence-corrected chi connectivity index (χ3v) is 9.03. The molecule has 0 bridgehead atoms. The summed E-state index contributed by atoms with van der Waals surface area (Å²) >= 11 is 0. The van der Waals surface area contributed by atoms with Gasteiger partial charge in [-0.15, -0.1) is 0 Å². The first-order valence-corrected chi connectivity index (χ1v) is 12.1. The average Bonchev–Trinajstić information content (AvgIpc) is 2.85. The van der Waals surface area contributed by atoms with E-state index >= 15 is 0 Å². The van der Waals surface area contributed by atoms with Gasteiger partial charge in [-0.05, 0) is 36.4 Å². The highest BCUT2D eigenvalue weighted by atomic mass is 79.9. The smallest absolute Gasteiger partial charge is 0.193 e. The number of halogens is 2. The molecule has 0 amide bonds. The van der Waals surface area contributed by atoms with Crippen molar-refractivity contribution in [1.82, 2.24) is 0 Å². The molecule has 4 heteroatoms. The minimum absolute atomic E-state index is 0. The average molecular weight is 495 g/mol. The van der Waals surface area contributed by atoms with Crippen LogP contribution in [0, 0.1) is 0 Å². The van der Waals surface area contributed by atoms with E-state index in [0.717, 1.165) is 0 Å². The van der Waals surface area contributed by atoms with Gasteiger partial charge in [0.1, 0.15) is 23.2 Å². The van der Waals surface area contributed by atoms with Gasteiger partial charge in [0.05, 0.1) is 6.66 Å². The number of alkyl halides is 1. The Labute approximate surface area is 195 Å². The van der Waals surface area contributed by atoms with E-state index in [0.29, 0.717) is 5.56 Å². The predicted molar refractivity (Wildman–Crippen MR) is 128 cm³/mol. The number of benzene rings is 4. The van der Waals surface area contributed by atoms with Crippen molar-refractivity contribution in [2.45, 2.75) is 0 Å². The molecule has 0 aliphatic rings. The number of ketones is 1. The van der Waals surface area contributed by atoms with Crippen LogP contribution in [-0.4, -0.2) is 19.1 Å². The molecule has 1 nitrogen and oxygen atoms in total. The molecule has 4 aromatic rings. The zero-order valence-corrected chi connectivity index (χ0v) is 19.8. The lowest BCUT2D eigenvalue weighted by atomic mass is 10.1. The van der Waals surface area contributed by atoms with Crippen LogP contribution >= 0.6 is 7.26 Å². The third-order valence-electron chi connectivity index (χ3n) is 5.03. The SMILES string of the molecule is C[P+](c1ccccc1)(c1ccccc1)c1ccccc1.O=C(CF)c1ccccc1.[Br-]. The van der Waals surface area contributed by atoms with Gasteiger partial charge in [0.25, 0.3) is 0 Å². The second-order valence-electron chi connectivity index (χ2n) is 6.94. The second-order valence-corrected chi connectivity index (χ2v) is 10.5. The Hall–Kier alpha value is -2.61. The molecule has 0 heterocycles. The van der Waals surface area contributed by atoms with Crippen LogP contribution < -0.4 is 32.9 Å². The lowest BCUT2D eigenvalue weighted by Crippen LogP contribution is -3.00. The fourth-order valence-electron chi connectivity index (χ4n) is 3.33. The first-order valence-electron chi connectivity index (χ1n) is 9.84. The minimum Gasteiger partial charge on any atom is -1.00 e. The zero-order valence-electron chi connectivity index (χ0n) is 17.4. The number of Topliss-reactive ketones (excluding diaryl/α,β-unsaturated/α-hetero) is 1. The maximum atomic E-state index is 11.7. The summed E-state index contributed by atoms with van der Waals surface area (Å²) < 4.78 is 11.7. The summed E-state index contributed by atoms with van der Waals surface area (Å²) in [4.78, 5) is 10.6. The van der Waals surface area contributed by atoms with Crippen molar-refractivity contribution in [3.63, 3.8) is 0 Å². The number of hydrogen-bond acceptors (Lipinski definition) is 1. The van der Waals surface area contributed by atoms with E-state index in [1.54, 1.807) is 30.3 Å². The normalized spacial score (nSPS) is 10.3. The van der Waals surface area contributed by atoms with Gasteiger partial charge in [0.2, 0.25) is 0 Å². The van der Waals surface area contributed by atoms with E-state index in [-0.39, 0.29) is 17.0 Å². The highest BCUT2D eigenvalue weighted by Gasteiger charge is 2.39. The van der Waals surface area contributed by atoms with Crippen LogP contribution in [0.1, 0.15) is 10.4 Å². The van der Waals surface area contributed by atoms with Crippen molar-refractivity contribution in [2.75, 3.05) is 13.3 Å². The van der Waals surface area contributed by atoms with Crippen molar-refractivity contribution >= 4 is 29.0 Å². The van der Waals surface area contributed by atoms with E-state index in [4.69, 9.17) is 0 Å². The van der Waals surface area contributed by atoms with Crippen LogP contribution in [0.2, 0.25) is 0 Å². The van der Waals surface area contributed by atoms with Crippen molar-refractivity contribution in [1.29, 1.82) is 0 Å². The van der Waals surface area contributed by atoms with Crippen LogP contribution in [-0.2, 0) is 0 Å². The lowest BCUT2D eigenvalue weighted by molar-refractivity contribution is -0.0000135. The van der Waals surface area contributed by atoms with E-state index in [1.165, 1.54) is 15.9 Å². The van der Waals surface area contributed by atoms with Gasteiger partial charge in [-0.1, -0.05) is 84.9 Å². The third kappa shape index (κ3) is 6.19. The molecule has 0 spiro atoms. The summed E-state index contributed by atoms with van der Waals surface area (Å²) in [5.74, 6) is -0.458. The van der Waals surface area contributed by atoms with E-state index in [2.05, 4.69) is 97.7 Å². The Morgan fingerprint density at radius 1 is 0.613 bits per heavy atom. The lowest BCUT2D eigenvalue weighted by Gasteiger charge is -2.22. The summed E-state index contributed by atoms with van der Waals surface area (Å²) in [5.41, 5.74) is 0.435. The molecular formula is C27H25BrFOP. The molecule has 0 aliphatic carbocycles. The highest BCUT2D eigenvalue weighted by Crippen LogP contribution is 2.51. The van der Waals surface area contributed by atoms with E-state index in [1.807, 2.05) is 0 Å². The second kappa shape index (κ2) is 12.3. The van der Waals surface area contributed by atoms with Gasteiger partial charge in [-0.3, -0.25) is 4.79 Å². The summed E-state index contributed by atoms with van der Waals surface area (Å²) in [7, 11) is -1.53. The molecule has 4 aromatic carbocycles. The molecule has 0 fully saturated rings. The van der Waals surface area contributed by atoms with Gasteiger partial charge in [0, 0.05) is 5.56 Å². The fourth-order valence-corrected chi connectivity index (χ4v) is 6.53. The van der Waals surface area contributed by atoms with Crippen molar-refractivity contribution in [2.24, 2.45) is 0 Å².